The molecule has 0 spiro atoms. The van der Waals surface area contributed by atoms with Crippen LogP contribution in [0.25, 0.3) is 0 Å². The molecule has 26 heavy (non-hydrogen) atoms. The fraction of sp³-hybridized carbons (Fsp3) is 0.529. The lowest BCUT2D eigenvalue weighted by Gasteiger charge is -2.22. The van der Waals surface area contributed by atoms with Crippen molar-refractivity contribution in [1.82, 2.24) is 10.6 Å². The second-order valence-corrected chi connectivity index (χ2v) is 6.08. The zero-order valence-corrected chi connectivity index (χ0v) is 14.2. The van der Waals surface area contributed by atoms with Crippen molar-refractivity contribution < 1.29 is 27.5 Å². The van der Waals surface area contributed by atoms with Crippen LogP contribution in [0, 0.1) is 0 Å². The average molecular weight is 373 g/mol. The molecule has 3 amide bonds. The van der Waals surface area contributed by atoms with Crippen molar-refractivity contribution in [2.45, 2.75) is 50.9 Å². The molecule has 1 aliphatic carbocycles. The Balaban J connectivity index is 1.74. The molecule has 0 saturated heterocycles. The van der Waals surface area contributed by atoms with Crippen molar-refractivity contribution in [3.05, 3.63) is 24.3 Å². The number of carbonyl (C=O) groups is 2. The summed E-state index contributed by atoms with van der Waals surface area (Å²) < 4.78 is 40.9. The summed E-state index contributed by atoms with van der Waals surface area (Å²) in [6, 6.07) is 4.69. The zero-order chi connectivity index (χ0) is 19.0. The Morgan fingerprint density at radius 1 is 1.12 bits per heavy atom. The predicted octanol–water partition coefficient (Wildman–Crippen LogP) is 3.55. The number of halogens is 3. The predicted molar refractivity (Wildman–Crippen MR) is 89.8 cm³/mol. The van der Waals surface area contributed by atoms with Gasteiger partial charge in [-0.25, -0.2) is 4.79 Å². The van der Waals surface area contributed by atoms with E-state index < -0.39 is 18.1 Å². The molecule has 1 fully saturated rings. The molecule has 1 aromatic carbocycles. The van der Waals surface area contributed by atoms with E-state index in [4.69, 9.17) is 0 Å². The summed E-state index contributed by atoms with van der Waals surface area (Å²) in [4.78, 5) is 23.6. The minimum Gasteiger partial charge on any atom is -0.404 e. The molecule has 0 heterocycles. The van der Waals surface area contributed by atoms with Crippen LogP contribution in [0.1, 0.15) is 38.5 Å². The Bertz CT molecular complexity index is 617. The third-order valence-electron chi connectivity index (χ3n) is 3.97. The minimum absolute atomic E-state index is 0.0761. The van der Waals surface area contributed by atoms with E-state index in [1.54, 1.807) is 0 Å². The molecule has 1 aromatic rings. The van der Waals surface area contributed by atoms with Gasteiger partial charge in [-0.2, -0.15) is 0 Å². The summed E-state index contributed by atoms with van der Waals surface area (Å²) >= 11 is 0. The number of hydrogen-bond acceptors (Lipinski definition) is 3. The van der Waals surface area contributed by atoms with Gasteiger partial charge >= 0.3 is 12.4 Å². The van der Waals surface area contributed by atoms with E-state index in [-0.39, 0.29) is 30.6 Å². The number of urea groups is 1. The average Bonchev–Trinajstić information content (AvgIpc) is 2.56. The van der Waals surface area contributed by atoms with E-state index in [1.807, 2.05) is 0 Å². The zero-order valence-electron chi connectivity index (χ0n) is 14.2. The number of ether oxygens (including phenoxy) is 1. The fourth-order valence-electron chi connectivity index (χ4n) is 2.79. The van der Waals surface area contributed by atoms with Gasteiger partial charge in [0.2, 0.25) is 5.91 Å². The molecule has 0 bridgehead atoms. The Morgan fingerprint density at radius 3 is 2.50 bits per heavy atom. The number of anilines is 1. The summed E-state index contributed by atoms with van der Waals surface area (Å²) in [7, 11) is 0. The standard InChI is InChI=1S/C17H22F3N3O3/c18-17(19,20)26-14-9-5-4-8-13(14)23-16(25)21-11-10-15(24)22-12-6-2-1-3-7-12/h4-5,8-9,12H,1-3,6-7,10-11H2,(H,22,24)(H2,21,23,25). The molecule has 1 saturated carbocycles. The highest BCUT2D eigenvalue weighted by Crippen LogP contribution is 2.29. The maximum Gasteiger partial charge on any atom is 0.573 e. The van der Waals surface area contributed by atoms with Crippen molar-refractivity contribution in [1.29, 1.82) is 0 Å². The van der Waals surface area contributed by atoms with Gasteiger partial charge < -0.3 is 20.7 Å². The molecule has 0 radical (unpaired) electrons. The van der Waals surface area contributed by atoms with E-state index in [0.717, 1.165) is 31.7 Å². The molecule has 2 rings (SSSR count). The normalized spacial score (nSPS) is 15.2. The van der Waals surface area contributed by atoms with Crippen LogP contribution in [0.5, 0.6) is 5.75 Å². The second kappa shape index (κ2) is 9.30. The third-order valence-corrected chi connectivity index (χ3v) is 3.97. The fourth-order valence-corrected chi connectivity index (χ4v) is 2.79. The van der Waals surface area contributed by atoms with Crippen LogP contribution in [0.15, 0.2) is 24.3 Å². The van der Waals surface area contributed by atoms with Gasteiger partial charge in [-0.05, 0) is 25.0 Å². The van der Waals surface area contributed by atoms with Gasteiger partial charge in [0, 0.05) is 19.0 Å². The van der Waals surface area contributed by atoms with Crippen LogP contribution in [0.3, 0.4) is 0 Å². The minimum atomic E-state index is -4.86. The third kappa shape index (κ3) is 7.20. The number of benzene rings is 1. The molecule has 6 nitrogen and oxygen atoms in total. The van der Waals surface area contributed by atoms with Crippen LogP contribution in [-0.2, 0) is 4.79 Å². The van der Waals surface area contributed by atoms with Gasteiger partial charge in [0.15, 0.2) is 5.75 Å². The van der Waals surface area contributed by atoms with Crippen molar-refractivity contribution >= 4 is 17.6 Å². The smallest absolute Gasteiger partial charge is 0.404 e. The molecule has 0 aromatic heterocycles. The quantitative estimate of drug-likeness (QED) is 0.714. The molecule has 9 heteroatoms. The molecule has 0 aliphatic heterocycles. The maximum atomic E-state index is 12.3. The lowest BCUT2D eigenvalue weighted by Crippen LogP contribution is -2.38. The van der Waals surface area contributed by atoms with Gasteiger partial charge in [0.05, 0.1) is 5.69 Å². The van der Waals surface area contributed by atoms with Crippen LogP contribution in [0.4, 0.5) is 23.7 Å². The molecule has 0 unspecified atom stereocenters. The van der Waals surface area contributed by atoms with E-state index in [0.29, 0.717) is 0 Å². The van der Waals surface area contributed by atoms with Crippen LogP contribution < -0.4 is 20.7 Å². The molecule has 0 atom stereocenters. The largest absolute Gasteiger partial charge is 0.573 e. The van der Waals surface area contributed by atoms with E-state index in [1.165, 1.54) is 24.6 Å². The molecule has 3 N–H and O–H groups in total. The monoisotopic (exact) mass is 373 g/mol. The van der Waals surface area contributed by atoms with Crippen LogP contribution in [-0.4, -0.2) is 30.9 Å². The second-order valence-electron chi connectivity index (χ2n) is 6.08. The number of carbonyl (C=O) groups excluding carboxylic acids is 2. The molecule has 1 aliphatic rings. The summed E-state index contributed by atoms with van der Waals surface area (Å²) in [6.45, 7) is 0.0761. The van der Waals surface area contributed by atoms with E-state index >= 15 is 0 Å². The first kappa shape index (κ1) is 19.9. The Hall–Kier alpha value is -2.45. The van der Waals surface area contributed by atoms with Gasteiger partial charge in [0.25, 0.3) is 0 Å². The van der Waals surface area contributed by atoms with Crippen LogP contribution in [0.2, 0.25) is 0 Å². The number of hydrogen-bond donors (Lipinski definition) is 3. The van der Waals surface area contributed by atoms with E-state index in [9.17, 15) is 22.8 Å². The first-order valence-electron chi connectivity index (χ1n) is 8.52. The first-order valence-corrected chi connectivity index (χ1v) is 8.52. The van der Waals surface area contributed by atoms with Crippen molar-refractivity contribution in [2.24, 2.45) is 0 Å². The summed E-state index contributed by atoms with van der Waals surface area (Å²) in [6.07, 6.45) is 0.574. The molecular formula is C17H22F3N3O3. The highest BCUT2D eigenvalue weighted by molar-refractivity contribution is 5.91. The summed E-state index contributed by atoms with van der Waals surface area (Å²) in [5, 5.41) is 7.64. The number of alkyl halides is 3. The lowest BCUT2D eigenvalue weighted by molar-refractivity contribution is -0.274. The van der Waals surface area contributed by atoms with Crippen LogP contribution >= 0.6 is 0 Å². The number of amides is 3. The summed E-state index contributed by atoms with van der Waals surface area (Å²) in [5.41, 5.74) is -0.117. The van der Waals surface area contributed by atoms with Crippen molar-refractivity contribution in [3.8, 4) is 5.75 Å². The van der Waals surface area contributed by atoms with Gasteiger partial charge in [-0.15, -0.1) is 13.2 Å². The lowest BCUT2D eigenvalue weighted by atomic mass is 9.95. The van der Waals surface area contributed by atoms with Crippen molar-refractivity contribution in [3.63, 3.8) is 0 Å². The highest BCUT2D eigenvalue weighted by atomic mass is 19.4. The van der Waals surface area contributed by atoms with Gasteiger partial charge in [-0.1, -0.05) is 31.4 Å². The van der Waals surface area contributed by atoms with Gasteiger partial charge in [-0.3, -0.25) is 4.79 Å². The summed E-state index contributed by atoms with van der Waals surface area (Å²) in [5.74, 6) is -0.664. The Kier molecular flexibility index (Phi) is 7.11. The maximum absolute atomic E-state index is 12.3. The highest BCUT2D eigenvalue weighted by Gasteiger charge is 2.32. The van der Waals surface area contributed by atoms with E-state index in [2.05, 4.69) is 20.7 Å². The Labute approximate surface area is 149 Å². The van der Waals surface area contributed by atoms with Gasteiger partial charge in [0.1, 0.15) is 0 Å². The van der Waals surface area contributed by atoms with Crippen molar-refractivity contribution in [2.75, 3.05) is 11.9 Å². The number of rotatable bonds is 6. The molecule has 144 valence electrons. The SMILES string of the molecule is O=C(CCNC(=O)Nc1ccccc1OC(F)(F)F)NC1CCCCC1. The molecular weight excluding hydrogens is 351 g/mol. The number of nitrogens with one attached hydrogen (secondary N) is 3. The first-order chi connectivity index (χ1) is 12.3. The number of para-hydroxylation sites is 2. The topological polar surface area (TPSA) is 79.5 Å². The Morgan fingerprint density at radius 2 is 1.81 bits per heavy atom.